The molecule has 0 saturated carbocycles. The molecule has 0 bridgehead atoms. The second-order valence-electron chi connectivity index (χ2n) is 7.06. The predicted molar refractivity (Wildman–Crippen MR) is 85.9 cm³/mol. The summed E-state index contributed by atoms with van der Waals surface area (Å²) in [6.07, 6.45) is 1.15. The van der Waals surface area contributed by atoms with Crippen LogP contribution in [0.3, 0.4) is 0 Å². The number of pyridine rings is 1. The molecule has 1 aromatic rings. The number of aliphatic hydroxyl groups excluding tert-OH is 1. The Kier molecular flexibility index (Phi) is 3.72. The van der Waals surface area contributed by atoms with E-state index in [1.54, 1.807) is 6.20 Å². The second kappa shape index (κ2) is 5.20. The fourth-order valence-corrected chi connectivity index (χ4v) is 2.65. The zero-order chi connectivity index (χ0) is 16.1. The van der Waals surface area contributed by atoms with E-state index in [9.17, 15) is 5.11 Å². The van der Waals surface area contributed by atoms with Crippen molar-refractivity contribution in [1.29, 1.82) is 0 Å². The maximum Gasteiger partial charge on any atom is 0.496 e. The molecule has 1 N–H and O–H groups in total. The molecule has 0 amide bonds. The topological polar surface area (TPSA) is 58.1 Å². The minimum Gasteiger partial charge on any atom is -0.399 e. The fraction of sp³-hybridized carbons (Fsp3) is 0.667. The molecule has 120 valence electrons. The summed E-state index contributed by atoms with van der Waals surface area (Å²) in [6, 6.07) is 3.86. The van der Waals surface area contributed by atoms with E-state index in [0.717, 1.165) is 24.4 Å². The van der Waals surface area contributed by atoms with Crippen molar-refractivity contribution >= 4 is 18.4 Å². The molecule has 2 fully saturated rings. The molecular weight excluding hydrogens is 281 g/mol. The third kappa shape index (κ3) is 2.52. The van der Waals surface area contributed by atoms with Gasteiger partial charge in [-0.25, -0.2) is 4.98 Å². The first-order valence-electron chi connectivity index (χ1n) is 7.68. The molecule has 22 heavy (non-hydrogen) atoms. The van der Waals surface area contributed by atoms with Gasteiger partial charge in [0.15, 0.2) is 6.35 Å². The zero-order valence-electron chi connectivity index (χ0n) is 13.9. The molecule has 1 atom stereocenters. The molecule has 1 aromatic heterocycles. The molecule has 0 radical (unpaired) electrons. The van der Waals surface area contributed by atoms with Gasteiger partial charge in [-0.05, 0) is 40.8 Å². The number of hydrogen-bond acceptors (Lipinski definition) is 6. The van der Waals surface area contributed by atoms with Gasteiger partial charge in [0.05, 0.1) is 11.2 Å². The molecule has 2 aliphatic heterocycles. The van der Waals surface area contributed by atoms with Crippen LogP contribution >= 0.6 is 0 Å². The summed E-state index contributed by atoms with van der Waals surface area (Å²) >= 11 is 0. The minimum atomic E-state index is -0.616. The molecule has 1 unspecified atom stereocenters. The molecule has 2 aliphatic rings. The van der Waals surface area contributed by atoms with Crippen molar-refractivity contribution < 1.29 is 14.4 Å². The Morgan fingerprint density at radius 2 is 1.82 bits per heavy atom. The lowest BCUT2D eigenvalue weighted by Crippen LogP contribution is -2.41. The van der Waals surface area contributed by atoms with Gasteiger partial charge in [-0.15, -0.1) is 0 Å². The first kappa shape index (κ1) is 15.7. The van der Waals surface area contributed by atoms with Gasteiger partial charge >= 0.3 is 7.12 Å². The van der Waals surface area contributed by atoms with Crippen LogP contribution in [0.2, 0.25) is 0 Å². The summed E-state index contributed by atoms with van der Waals surface area (Å²) in [5.74, 6) is 0.761. The number of hydrogen-bond donors (Lipinski definition) is 1. The predicted octanol–water partition coefficient (Wildman–Crippen LogP) is 0.408. The van der Waals surface area contributed by atoms with Crippen molar-refractivity contribution in [3.05, 3.63) is 18.3 Å². The van der Waals surface area contributed by atoms with Crippen LogP contribution in [0, 0.1) is 0 Å². The Hall–Kier alpha value is -1.15. The number of aliphatic hydroxyl groups is 1. The van der Waals surface area contributed by atoms with Crippen molar-refractivity contribution in [3.8, 4) is 0 Å². The monoisotopic (exact) mass is 305 g/mol. The molecule has 0 aliphatic carbocycles. The van der Waals surface area contributed by atoms with E-state index in [4.69, 9.17) is 9.31 Å². The Labute approximate surface area is 132 Å². The van der Waals surface area contributed by atoms with Crippen LogP contribution in [0.15, 0.2) is 18.3 Å². The van der Waals surface area contributed by atoms with E-state index in [-0.39, 0.29) is 11.2 Å². The highest BCUT2D eigenvalue weighted by molar-refractivity contribution is 6.62. The van der Waals surface area contributed by atoms with Crippen LogP contribution in [0.4, 0.5) is 5.82 Å². The maximum absolute atomic E-state index is 10.1. The average molecular weight is 305 g/mol. The van der Waals surface area contributed by atoms with Crippen LogP contribution in [0.1, 0.15) is 27.7 Å². The summed E-state index contributed by atoms with van der Waals surface area (Å²) in [4.78, 5) is 8.21. The lowest BCUT2D eigenvalue weighted by molar-refractivity contribution is 0.00578. The summed E-state index contributed by atoms with van der Waals surface area (Å²) in [6.45, 7) is 9.72. The lowest BCUT2D eigenvalue weighted by Gasteiger charge is -2.32. The Morgan fingerprint density at radius 1 is 1.18 bits per heavy atom. The van der Waals surface area contributed by atoms with E-state index in [1.165, 1.54) is 0 Å². The van der Waals surface area contributed by atoms with Crippen LogP contribution < -0.4 is 10.4 Å². The fourth-order valence-electron chi connectivity index (χ4n) is 2.65. The van der Waals surface area contributed by atoms with Crippen molar-refractivity contribution in [1.82, 2.24) is 9.88 Å². The van der Waals surface area contributed by atoms with Gasteiger partial charge in [0.25, 0.3) is 0 Å². The molecule has 7 heteroatoms. The highest BCUT2D eigenvalue weighted by Crippen LogP contribution is 2.36. The van der Waals surface area contributed by atoms with Crippen molar-refractivity contribution in [3.63, 3.8) is 0 Å². The molecule has 3 heterocycles. The summed E-state index contributed by atoms with van der Waals surface area (Å²) in [5, 5.41) is 10.1. The van der Waals surface area contributed by atoms with Crippen molar-refractivity contribution in [2.24, 2.45) is 0 Å². The van der Waals surface area contributed by atoms with Gasteiger partial charge < -0.3 is 19.3 Å². The highest BCUT2D eigenvalue weighted by Gasteiger charge is 2.51. The lowest BCUT2D eigenvalue weighted by atomic mass is 9.80. The Bertz CT molecular complexity index is 533. The van der Waals surface area contributed by atoms with Gasteiger partial charge in [0.2, 0.25) is 0 Å². The smallest absolute Gasteiger partial charge is 0.399 e. The van der Waals surface area contributed by atoms with Gasteiger partial charge in [0, 0.05) is 24.7 Å². The summed E-state index contributed by atoms with van der Waals surface area (Å²) in [5.41, 5.74) is 0.179. The maximum atomic E-state index is 10.1. The number of likely N-dealkylation sites (N-methyl/N-ethyl adjacent to an activating group) is 1. The summed E-state index contributed by atoms with van der Waals surface area (Å²) in [7, 11) is 1.49. The van der Waals surface area contributed by atoms with E-state index in [0.29, 0.717) is 0 Å². The number of nitrogens with zero attached hydrogens (tertiary/aromatic N) is 3. The quantitative estimate of drug-likeness (QED) is 0.799. The van der Waals surface area contributed by atoms with E-state index >= 15 is 0 Å². The first-order valence-corrected chi connectivity index (χ1v) is 7.68. The SMILES string of the molecule is CN1CCN(c2ccc(B3OC(C)(C)C(C)(C)O3)cn2)C1O. The number of anilines is 1. The Morgan fingerprint density at radius 3 is 2.27 bits per heavy atom. The third-order valence-electron chi connectivity index (χ3n) is 4.96. The van der Waals surface area contributed by atoms with Crippen LogP contribution in [0.5, 0.6) is 0 Å². The number of aromatic nitrogens is 1. The van der Waals surface area contributed by atoms with Gasteiger partial charge in [-0.2, -0.15) is 0 Å². The largest absolute Gasteiger partial charge is 0.496 e. The number of rotatable bonds is 2. The van der Waals surface area contributed by atoms with E-state index in [2.05, 4.69) is 4.98 Å². The Balaban J connectivity index is 1.76. The van der Waals surface area contributed by atoms with Gasteiger partial charge in [0.1, 0.15) is 5.82 Å². The van der Waals surface area contributed by atoms with Gasteiger partial charge in [-0.3, -0.25) is 4.90 Å². The second-order valence-corrected chi connectivity index (χ2v) is 7.06. The molecule has 2 saturated heterocycles. The normalized spacial score (nSPS) is 27.6. The molecule has 6 nitrogen and oxygen atoms in total. The molecule has 0 spiro atoms. The highest BCUT2D eigenvalue weighted by atomic mass is 16.7. The first-order chi connectivity index (χ1) is 10.2. The van der Waals surface area contributed by atoms with Crippen LogP contribution in [-0.4, -0.2) is 59.8 Å². The molecule has 0 aromatic carbocycles. The van der Waals surface area contributed by atoms with Gasteiger partial charge in [-0.1, -0.05) is 6.07 Å². The zero-order valence-corrected chi connectivity index (χ0v) is 13.9. The third-order valence-corrected chi connectivity index (χ3v) is 4.96. The van der Waals surface area contributed by atoms with E-state index in [1.807, 2.05) is 56.7 Å². The standard InChI is InChI=1S/C15H24BN3O3/c1-14(2)15(3,4)22-16(21-14)11-6-7-12(17-10-11)19-9-8-18(5)13(19)20/h6-7,10,13,20H,8-9H2,1-5H3. The minimum absolute atomic E-state index is 0.357. The average Bonchev–Trinajstić information content (AvgIpc) is 2.88. The van der Waals surface area contributed by atoms with Crippen LogP contribution in [0.25, 0.3) is 0 Å². The molecule has 3 rings (SSSR count). The van der Waals surface area contributed by atoms with Crippen molar-refractivity contribution in [2.75, 3.05) is 25.0 Å². The molecular formula is C15H24BN3O3. The van der Waals surface area contributed by atoms with Crippen LogP contribution in [-0.2, 0) is 9.31 Å². The van der Waals surface area contributed by atoms with E-state index < -0.39 is 13.5 Å². The summed E-state index contributed by atoms with van der Waals surface area (Å²) < 4.78 is 12.0. The van der Waals surface area contributed by atoms with Crippen molar-refractivity contribution in [2.45, 2.75) is 45.2 Å².